The van der Waals surface area contributed by atoms with E-state index in [4.69, 9.17) is 14.2 Å². The van der Waals surface area contributed by atoms with Crippen molar-refractivity contribution in [2.24, 2.45) is 0 Å². The summed E-state index contributed by atoms with van der Waals surface area (Å²) in [7, 11) is 0. The second-order valence-corrected chi connectivity index (χ2v) is 23.7. The first kappa shape index (κ1) is 40.1. The van der Waals surface area contributed by atoms with Crippen molar-refractivity contribution < 1.29 is 14.2 Å². The predicted molar refractivity (Wildman–Crippen MR) is 300 cm³/mol. The van der Waals surface area contributed by atoms with Crippen molar-refractivity contribution in [2.45, 2.75) is 14.7 Å². The first-order valence-electron chi connectivity index (χ1n) is 22.0. The Hall–Kier alpha value is -4.80. The molecule has 6 aliphatic rings. The Morgan fingerprint density at radius 3 is 1.58 bits per heavy atom. The Bertz CT molecular complexity index is 3500. The minimum Gasteiger partial charge on any atom is -0.458 e. The fourth-order valence-corrected chi connectivity index (χ4v) is 16.8. The number of thioether (sulfide) groups is 3. The smallest absolute Gasteiger partial charge is 0.273 e. The molecule has 0 fully saturated rings. The Balaban J connectivity index is 1.00. The van der Waals surface area contributed by atoms with Crippen LogP contribution in [-0.2, 0) is 0 Å². The summed E-state index contributed by atoms with van der Waals surface area (Å²) >= 11 is 12.5. The number of nitrogens with one attached hydrogen (secondary N) is 1. The van der Waals surface area contributed by atoms with Gasteiger partial charge in [0.05, 0.1) is 17.1 Å². The summed E-state index contributed by atoms with van der Waals surface area (Å²) in [4.78, 5) is 3.53. The van der Waals surface area contributed by atoms with Crippen molar-refractivity contribution in [3.05, 3.63) is 109 Å². The molecule has 0 bridgehead atoms. The van der Waals surface area contributed by atoms with Gasteiger partial charge in [0.25, 0.3) is 20.1 Å². The maximum Gasteiger partial charge on any atom is 0.273 e. The van der Waals surface area contributed by atoms with Crippen LogP contribution in [0.2, 0.25) is 0 Å². The average molecular weight is 994 g/mol. The van der Waals surface area contributed by atoms with E-state index in [1.807, 2.05) is 22.7 Å². The zero-order valence-electron chi connectivity index (χ0n) is 36.6. The molecule has 322 valence electrons. The van der Waals surface area contributed by atoms with Crippen molar-refractivity contribution in [3.8, 4) is 34.5 Å². The Labute approximate surface area is 418 Å². The number of thiophene rings is 2. The van der Waals surface area contributed by atoms with Gasteiger partial charge < -0.3 is 19.5 Å². The minimum absolute atomic E-state index is 0.00322. The lowest BCUT2D eigenvalue weighted by Gasteiger charge is -2.44. The molecule has 0 saturated heterocycles. The van der Waals surface area contributed by atoms with Gasteiger partial charge in [0.2, 0.25) is 0 Å². The Morgan fingerprint density at radius 2 is 0.970 bits per heavy atom. The Morgan fingerprint density at radius 1 is 0.448 bits per heavy atom. The van der Waals surface area contributed by atoms with Gasteiger partial charge >= 0.3 is 0 Å². The predicted octanol–water partition coefficient (Wildman–Crippen LogP) is 9.66. The monoisotopic (exact) mass is 993 g/mol. The van der Waals surface area contributed by atoms with Gasteiger partial charge in [-0.05, 0) is 142 Å². The summed E-state index contributed by atoms with van der Waals surface area (Å²) in [6.07, 6.45) is 10.9. The molecule has 0 unspecified atom stereocenters. The molecule has 6 nitrogen and oxygen atoms in total. The highest BCUT2D eigenvalue weighted by Crippen LogP contribution is 2.48. The minimum atomic E-state index is -0.0591. The van der Waals surface area contributed by atoms with Gasteiger partial charge in [-0.15, -0.1) is 58.0 Å². The van der Waals surface area contributed by atoms with E-state index in [1.165, 1.54) is 84.0 Å². The van der Waals surface area contributed by atoms with E-state index in [0.29, 0.717) is 0 Å². The second-order valence-electron chi connectivity index (χ2n) is 17.4. The molecule has 8 heterocycles. The van der Waals surface area contributed by atoms with Crippen molar-refractivity contribution in [1.29, 1.82) is 0 Å². The third-order valence-corrected chi connectivity index (χ3v) is 20.4. The second kappa shape index (κ2) is 14.6. The van der Waals surface area contributed by atoms with Gasteiger partial charge in [0, 0.05) is 85.5 Å². The third-order valence-electron chi connectivity index (χ3n) is 14.3. The lowest BCUT2D eigenvalue weighted by Crippen LogP contribution is -2.65. The van der Waals surface area contributed by atoms with Crippen molar-refractivity contribution in [2.75, 3.05) is 45.2 Å². The van der Waals surface area contributed by atoms with Gasteiger partial charge in [-0.25, -0.2) is 0 Å². The van der Waals surface area contributed by atoms with Gasteiger partial charge in [-0.3, -0.25) is 8.61 Å². The quantitative estimate of drug-likeness (QED) is 0.102. The fourth-order valence-electron chi connectivity index (χ4n) is 11.5. The number of nitrogens with zero attached hydrogens (tertiary/aromatic N) is 2. The highest BCUT2D eigenvalue weighted by molar-refractivity contribution is 8.01. The molecule has 0 saturated carbocycles. The van der Waals surface area contributed by atoms with Crippen LogP contribution in [0.3, 0.4) is 0 Å². The van der Waals surface area contributed by atoms with Gasteiger partial charge in [-0.1, -0.05) is 36.4 Å². The lowest BCUT2D eigenvalue weighted by molar-refractivity contribution is 0.465. The zero-order valence-corrected chi connectivity index (χ0v) is 42.3. The number of benzene rings is 7. The first-order chi connectivity index (χ1) is 32.9. The summed E-state index contributed by atoms with van der Waals surface area (Å²) < 4.78 is 31.0. The van der Waals surface area contributed by atoms with Gasteiger partial charge in [0.15, 0.2) is 0 Å². The van der Waals surface area contributed by atoms with Crippen LogP contribution in [0.1, 0.15) is 0 Å². The number of rotatable bonds is 5. The van der Waals surface area contributed by atoms with Crippen LogP contribution < -0.4 is 75.9 Å². The van der Waals surface area contributed by atoms with Crippen LogP contribution in [0.4, 0.5) is 34.1 Å². The molecule has 2 aromatic heterocycles. The molecule has 67 heavy (non-hydrogen) atoms. The summed E-state index contributed by atoms with van der Waals surface area (Å²) in [6.45, 7) is -0.105. The van der Waals surface area contributed by atoms with Gasteiger partial charge in [0.1, 0.15) is 34.5 Å². The maximum atomic E-state index is 7.13. The molecule has 1 N–H and O–H groups in total. The molecular formula is C51H34B3N3O3S7. The van der Waals surface area contributed by atoms with Crippen LogP contribution in [-0.4, -0.2) is 51.4 Å². The standard InChI is InChI=1S/C51H34B3N3O3S7/c1-61-24-14-34-45-40(17-24)59-48-27-10-6-8-12-43(27)66-50(48)53(45)29-20-30-35(22-33(29)55-34)56(64-4)37-15-25(62-2)16-38-46(37)52(30)31-21-32-39(23-36(31)57(38)65-5)58-41-18-26(63-3)19-42-47(41)54(32)51-49(60-42)28-11-7-9-13-44(28)67-51/h6-23,55H,1-5H3. The molecule has 0 radical (unpaired) electrons. The molecule has 0 atom stereocenters. The first-order valence-corrected chi connectivity index (χ1v) is 29.7. The lowest BCUT2D eigenvalue weighted by atomic mass is 9.30. The number of hydrogen-bond acceptors (Lipinski definition) is 13. The molecule has 9 aromatic rings. The SMILES string of the molecule is CSc1cc2c3c(c1)Oc1c(sc4ccccc14)B3c1cc3c(cc1N2)N(SC)c1cc(SC)cc2c1B3c1cc3c(cc1N2SC)Oc1cc(SC)cc2c1B3c1sc3ccccc3c1O2. The molecule has 0 spiro atoms. The van der Waals surface area contributed by atoms with E-state index in [9.17, 15) is 0 Å². The van der Waals surface area contributed by atoms with E-state index >= 15 is 0 Å². The highest BCUT2D eigenvalue weighted by atomic mass is 32.2. The van der Waals surface area contributed by atoms with E-state index in [2.05, 4.69) is 154 Å². The van der Waals surface area contributed by atoms with Crippen LogP contribution in [0, 0.1) is 0 Å². The van der Waals surface area contributed by atoms with Crippen molar-refractivity contribution in [3.63, 3.8) is 0 Å². The fraction of sp³-hybridized carbons (Fsp3) is 0.0980. The van der Waals surface area contributed by atoms with E-state index < -0.39 is 0 Å². The highest BCUT2D eigenvalue weighted by Gasteiger charge is 2.49. The summed E-state index contributed by atoms with van der Waals surface area (Å²) in [5.41, 5.74) is 15.8. The number of hydrogen-bond donors (Lipinski definition) is 1. The average Bonchev–Trinajstić information content (AvgIpc) is 3.93. The maximum absolute atomic E-state index is 7.13. The van der Waals surface area contributed by atoms with Gasteiger partial charge in [-0.2, -0.15) is 0 Å². The van der Waals surface area contributed by atoms with Crippen LogP contribution >= 0.6 is 81.9 Å². The van der Waals surface area contributed by atoms with Crippen LogP contribution in [0.25, 0.3) is 20.2 Å². The largest absolute Gasteiger partial charge is 0.458 e. The zero-order chi connectivity index (χ0) is 44.6. The van der Waals surface area contributed by atoms with E-state index in [0.717, 1.165) is 67.3 Å². The number of anilines is 6. The molecule has 6 aliphatic heterocycles. The van der Waals surface area contributed by atoms with E-state index in [-0.39, 0.29) is 20.1 Å². The number of ether oxygens (including phenoxy) is 3. The van der Waals surface area contributed by atoms with E-state index in [1.54, 1.807) is 59.2 Å². The molecular weight excluding hydrogens is 959 g/mol. The molecule has 7 aromatic carbocycles. The summed E-state index contributed by atoms with van der Waals surface area (Å²) in [5, 5.41) is 6.32. The van der Waals surface area contributed by atoms with Crippen molar-refractivity contribution in [1.82, 2.24) is 0 Å². The summed E-state index contributed by atoms with van der Waals surface area (Å²) in [5.74, 6) is 5.55. The summed E-state index contributed by atoms with van der Waals surface area (Å²) in [6, 6.07) is 41.0. The normalized spacial score (nSPS) is 14.7. The number of fused-ring (bicyclic) bond motifs is 16. The topological polar surface area (TPSA) is 46.2 Å². The molecule has 0 aliphatic carbocycles. The van der Waals surface area contributed by atoms with Crippen LogP contribution in [0.5, 0.6) is 34.5 Å². The Kier molecular flexibility index (Phi) is 8.75. The molecule has 0 amide bonds. The van der Waals surface area contributed by atoms with Crippen LogP contribution in [0.15, 0.2) is 124 Å². The third kappa shape index (κ3) is 5.41. The molecule has 16 heteroatoms. The molecule has 15 rings (SSSR count). The van der Waals surface area contributed by atoms with Crippen molar-refractivity contribution >= 4 is 204 Å².